The van der Waals surface area contributed by atoms with Crippen molar-refractivity contribution in [3.63, 3.8) is 0 Å². The van der Waals surface area contributed by atoms with Gasteiger partial charge in [0.1, 0.15) is 0 Å². The summed E-state index contributed by atoms with van der Waals surface area (Å²) in [7, 11) is 0. The number of halogens is 1. The first-order valence-corrected chi connectivity index (χ1v) is 8.99. The molecule has 0 saturated heterocycles. The monoisotopic (exact) mass is 399 g/mol. The van der Waals surface area contributed by atoms with Crippen LogP contribution in [0.15, 0.2) is 29.6 Å². The molecule has 0 bridgehead atoms. The van der Waals surface area contributed by atoms with Crippen LogP contribution in [0.4, 0.5) is 0 Å². The third kappa shape index (κ3) is 3.43. The molecule has 2 aromatic rings. The third-order valence-corrected chi connectivity index (χ3v) is 5.49. The fraction of sp³-hybridized carbons (Fsp3) is 0.412. The van der Waals surface area contributed by atoms with E-state index in [0.717, 1.165) is 0 Å². The van der Waals surface area contributed by atoms with Crippen LogP contribution in [0.5, 0.6) is 0 Å². The zero-order valence-electron chi connectivity index (χ0n) is 12.5. The summed E-state index contributed by atoms with van der Waals surface area (Å²) in [5, 5.41) is 2.17. The van der Waals surface area contributed by atoms with Gasteiger partial charge in [-0.25, -0.2) is 0 Å². The molecule has 1 aromatic carbocycles. The van der Waals surface area contributed by atoms with E-state index in [0.29, 0.717) is 11.8 Å². The SMILES string of the molecule is CC(C)c1ccc(C(N)c2csc(I)c2)c(C(C)C)c1. The Morgan fingerprint density at radius 3 is 2.15 bits per heavy atom. The van der Waals surface area contributed by atoms with E-state index in [1.807, 2.05) is 0 Å². The predicted octanol–water partition coefficient (Wildman–Crippen LogP) is 5.65. The number of hydrogen-bond acceptors (Lipinski definition) is 2. The molecule has 1 unspecified atom stereocenters. The molecule has 0 amide bonds. The highest BCUT2D eigenvalue weighted by molar-refractivity contribution is 14.1. The second-order valence-corrected chi connectivity index (χ2v) is 8.66. The largest absolute Gasteiger partial charge is 0.320 e. The first-order chi connectivity index (χ1) is 9.40. The Balaban J connectivity index is 2.45. The maximum atomic E-state index is 6.50. The first-order valence-electron chi connectivity index (χ1n) is 7.03. The van der Waals surface area contributed by atoms with Crippen LogP contribution in [-0.4, -0.2) is 0 Å². The topological polar surface area (TPSA) is 26.0 Å². The Bertz CT molecular complexity index is 586. The fourth-order valence-corrected chi connectivity index (χ4v) is 3.81. The molecule has 1 atom stereocenters. The van der Waals surface area contributed by atoms with Gasteiger partial charge in [0.2, 0.25) is 0 Å². The van der Waals surface area contributed by atoms with Crippen molar-refractivity contribution in [2.45, 2.75) is 45.6 Å². The molecule has 1 nitrogen and oxygen atoms in total. The molecule has 3 heteroatoms. The molecule has 0 saturated carbocycles. The third-order valence-electron chi connectivity index (χ3n) is 3.68. The van der Waals surface area contributed by atoms with Crippen LogP contribution in [0.3, 0.4) is 0 Å². The van der Waals surface area contributed by atoms with E-state index in [1.165, 1.54) is 25.1 Å². The second kappa shape index (κ2) is 6.58. The summed E-state index contributed by atoms with van der Waals surface area (Å²) in [5.74, 6) is 1.05. The van der Waals surface area contributed by atoms with Gasteiger partial charge in [0.15, 0.2) is 0 Å². The normalized spacial score (nSPS) is 13.2. The van der Waals surface area contributed by atoms with Crippen molar-refractivity contribution < 1.29 is 0 Å². The minimum Gasteiger partial charge on any atom is -0.320 e. The summed E-state index contributed by atoms with van der Waals surface area (Å²) in [6.45, 7) is 8.96. The molecule has 0 radical (unpaired) electrons. The quantitative estimate of drug-likeness (QED) is 0.661. The zero-order valence-corrected chi connectivity index (χ0v) is 15.5. The summed E-state index contributed by atoms with van der Waals surface area (Å²) < 4.78 is 1.29. The smallest absolute Gasteiger partial charge is 0.0656 e. The fourth-order valence-electron chi connectivity index (χ4n) is 2.40. The molecule has 20 heavy (non-hydrogen) atoms. The average molecular weight is 399 g/mol. The van der Waals surface area contributed by atoms with E-state index in [1.54, 1.807) is 11.3 Å². The number of nitrogens with two attached hydrogens (primary N) is 1. The highest BCUT2D eigenvalue weighted by atomic mass is 127. The number of rotatable bonds is 4. The summed E-state index contributed by atoms with van der Waals surface area (Å²) in [4.78, 5) is 0. The van der Waals surface area contributed by atoms with Crippen LogP contribution in [0.1, 0.15) is 67.8 Å². The van der Waals surface area contributed by atoms with Gasteiger partial charge in [-0.15, -0.1) is 11.3 Å². The van der Waals surface area contributed by atoms with Gasteiger partial charge >= 0.3 is 0 Å². The van der Waals surface area contributed by atoms with Crippen LogP contribution in [-0.2, 0) is 0 Å². The lowest BCUT2D eigenvalue weighted by atomic mass is 9.87. The summed E-state index contributed by atoms with van der Waals surface area (Å²) in [6.07, 6.45) is 0. The highest BCUT2D eigenvalue weighted by Crippen LogP contribution is 2.32. The molecule has 2 N–H and O–H groups in total. The summed E-state index contributed by atoms with van der Waals surface area (Å²) in [6, 6.07) is 8.95. The van der Waals surface area contributed by atoms with E-state index in [2.05, 4.69) is 79.9 Å². The molecule has 1 aromatic heterocycles. The Labute approximate surface area is 139 Å². The van der Waals surface area contributed by atoms with E-state index < -0.39 is 0 Å². The number of hydrogen-bond donors (Lipinski definition) is 1. The van der Waals surface area contributed by atoms with Crippen molar-refractivity contribution >= 4 is 33.9 Å². The minimum atomic E-state index is -0.0200. The van der Waals surface area contributed by atoms with Gasteiger partial charge in [0, 0.05) is 0 Å². The maximum Gasteiger partial charge on any atom is 0.0656 e. The van der Waals surface area contributed by atoms with E-state index >= 15 is 0 Å². The van der Waals surface area contributed by atoms with Gasteiger partial charge in [-0.3, -0.25) is 0 Å². The highest BCUT2D eigenvalue weighted by Gasteiger charge is 2.17. The Hall–Kier alpha value is -0.390. The molecule has 0 spiro atoms. The standard InChI is InChI=1S/C17H22INS/c1-10(2)12-5-6-14(15(7-12)11(3)4)17(19)13-8-16(18)20-9-13/h5-11,17H,19H2,1-4H3. The lowest BCUT2D eigenvalue weighted by Gasteiger charge is -2.20. The van der Waals surface area contributed by atoms with Crippen LogP contribution >= 0.6 is 33.9 Å². The van der Waals surface area contributed by atoms with E-state index in [-0.39, 0.29) is 6.04 Å². The lowest BCUT2D eigenvalue weighted by molar-refractivity contribution is 0.782. The van der Waals surface area contributed by atoms with Crippen molar-refractivity contribution in [2.24, 2.45) is 5.73 Å². The minimum absolute atomic E-state index is 0.0200. The van der Waals surface area contributed by atoms with Gasteiger partial charge in [-0.2, -0.15) is 0 Å². The van der Waals surface area contributed by atoms with Crippen LogP contribution in [0.25, 0.3) is 0 Å². The van der Waals surface area contributed by atoms with Gasteiger partial charge in [-0.1, -0.05) is 45.9 Å². The van der Waals surface area contributed by atoms with Crippen LogP contribution < -0.4 is 5.73 Å². The molecular formula is C17H22INS. The van der Waals surface area contributed by atoms with Crippen molar-refractivity contribution in [3.05, 3.63) is 54.8 Å². The van der Waals surface area contributed by atoms with Crippen molar-refractivity contribution in [2.75, 3.05) is 0 Å². The summed E-state index contributed by atoms with van der Waals surface area (Å²) in [5.41, 5.74) is 11.8. The van der Waals surface area contributed by atoms with Gasteiger partial charge in [0.25, 0.3) is 0 Å². The zero-order chi connectivity index (χ0) is 14.9. The van der Waals surface area contributed by atoms with E-state index in [9.17, 15) is 0 Å². The number of thiophene rings is 1. The predicted molar refractivity (Wildman–Crippen MR) is 97.7 cm³/mol. The van der Waals surface area contributed by atoms with Crippen molar-refractivity contribution in [3.8, 4) is 0 Å². The Morgan fingerprint density at radius 1 is 0.950 bits per heavy atom. The van der Waals surface area contributed by atoms with Crippen molar-refractivity contribution in [1.82, 2.24) is 0 Å². The molecule has 0 fully saturated rings. The molecule has 108 valence electrons. The molecule has 0 aliphatic carbocycles. The number of benzene rings is 1. The van der Waals surface area contributed by atoms with Crippen LogP contribution in [0.2, 0.25) is 0 Å². The average Bonchev–Trinajstić information content (AvgIpc) is 2.83. The summed E-state index contributed by atoms with van der Waals surface area (Å²) >= 11 is 4.11. The van der Waals surface area contributed by atoms with Crippen LogP contribution in [0, 0.1) is 2.88 Å². The maximum absolute atomic E-state index is 6.50. The van der Waals surface area contributed by atoms with Crippen molar-refractivity contribution in [1.29, 1.82) is 0 Å². The molecule has 2 rings (SSSR count). The molecule has 0 aliphatic heterocycles. The molecule has 1 heterocycles. The first kappa shape index (κ1) is 16.0. The van der Waals surface area contributed by atoms with Gasteiger partial charge in [-0.05, 0) is 68.1 Å². The second-order valence-electron chi connectivity index (χ2n) is 5.86. The molecular weight excluding hydrogens is 377 g/mol. The Morgan fingerprint density at radius 2 is 1.65 bits per heavy atom. The van der Waals surface area contributed by atoms with E-state index in [4.69, 9.17) is 5.73 Å². The van der Waals surface area contributed by atoms with Gasteiger partial charge < -0.3 is 5.73 Å². The van der Waals surface area contributed by atoms with Gasteiger partial charge in [0.05, 0.1) is 8.93 Å². The Kier molecular flexibility index (Phi) is 5.26. The lowest BCUT2D eigenvalue weighted by Crippen LogP contribution is -2.14. The molecule has 0 aliphatic rings.